The van der Waals surface area contributed by atoms with Gasteiger partial charge >= 0.3 is 0 Å². The maximum atomic E-state index is 13.4. The van der Waals surface area contributed by atoms with Crippen LogP contribution in [0.25, 0.3) is 21.5 Å². The number of rotatable bonds is 22. The van der Waals surface area contributed by atoms with Crippen LogP contribution in [-0.2, 0) is 0 Å². The molecular weight excluding hydrogens is 779 g/mol. The lowest BCUT2D eigenvalue weighted by Crippen LogP contribution is -2.25. The molecule has 0 aliphatic heterocycles. The number of ketones is 2. The van der Waals surface area contributed by atoms with Crippen LogP contribution in [0, 0.1) is 0 Å². The SMILES string of the molecule is NCCCNCCCO.O=C1c2ccccc2C(=O)c2c(NCCCNCCCO)ccc(NCCCCCCCO)c21.Oc1ccc(O)c2c(O)c3ccccc3c(O)c12. The van der Waals surface area contributed by atoms with Crippen molar-refractivity contribution in [2.75, 3.05) is 76.3 Å². The third kappa shape index (κ3) is 13.3. The summed E-state index contributed by atoms with van der Waals surface area (Å²) < 4.78 is 0. The number of nitrogens with two attached hydrogens (primary N) is 1. The molecule has 0 spiro atoms. The van der Waals surface area contributed by atoms with E-state index in [2.05, 4.69) is 21.3 Å². The molecule has 0 amide bonds. The lowest BCUT2D eigenvalue weighted by Gasteiger charge is -2.24. The average Bonchev–Trinajstić information content (AvgIpc) is 3.28. The molecule has 5 aromatic carbocycles. The van der Waals surface area contributed by atoms with Gasteiger partial charge in [-0.25, -0.2) is 0 Å². The molecule has 6 rings (SSSR count). The lowest BCUT2D eigenvalue weighted by molar-refractivity contribution is 0.0980. The van der Waals surface area contributed by atoms with Crippen LogP contribution in [0.15, 0.2) is 72.8 Å². The van der Waals surface area contributed by atoms with Gasteiger partial charge in [-0.2, -0.15) is 0 Å². The molecule has 0 aromatic heterocycles. The zero-order valence-electron chi connectivity index (χ0n) is 34.9. The lowest BCUT2D eigenvalue weighted by atomic mass is 9.82. The highest BCUT2D eigenvalue weighted by molar-refractivity contribution is 6.32. The summed E-state index contributed by atoms with van der Waals surface area (Å²) in [7, 11) is 0. The van der Waals surface area contributed by atoms with Crippen LogP contribution in [0.2, 0.25) is 0 Å². The number of benzene rings is 5. The molecule has 0 radical (unpaired) electrons. The minimum atomic E-state index is -0.193. The smallest absolute Gasteiger partial charge is 0.196 e. The molecule has 0 unspecified atom stereocenters. The molecule has 1 aliphatic rings. The van der Waals surface area contributed by atoms with Crippen LogP contribution in [0.3, 0.4) is 0 Å². The average molecular weight is 842 g/mol. The number of hydrogen-bond donors (Lipinski definition) is 12. The van der Waals surface area contributed by atoms with Gasteiger partial charge in [0.15, 0.2) is 11.6 Å². The monoisotopic (exact) mass is 841 g/mol. The molecular formula is C47H63N5O9. The van der Waals surface area contributed by atoms with E-state index in [1.54, 1.807) is 48.5 Å². The molecule has 0 saturated carbocycles. The van der Waals surface area contributed by atoms with Crippen molar-refractivity contribution in [3.63, 3.8) is 0 Å². The van der Waals surface area contributed by atoms with Gasteiger partial charge in [-0.05, 0) is 95.5 Å². The van der Waals surface area contributed by atoms with Crippen LogP contribution in [0.4, 0.5) is 11.4 Å². The summed E-state index contributed by atoms with van der Waals surface area (Å²) in [5.74, 6) is -0.951. The minimum absolute atomic E-state index is 0.0474. The van der Waals surface area contributed by atoms with E-state index in [4.69, 9.17) is 21.1 Å². The zero-order valence-corrected chi connectivity index (χ0v) is 34.9. The van der Waals surface area contributed by atoms with Gasteiger partial charge in [-0.3, -0.25) is 9.59 Å². The van der Waals surface area contributed by atoms with Gasteiger partial charge < -0.3 is 62.7 Å². The van der Waals surface area contributed by atoms with Crippen LogP contribution in [-0.4, -0.2) is 113 Å². The number of unbranched alkanes of at least 4 members (excludes halogenated alkanes) is 4. The fourth-order valence-corrected chi connectivity index (χ4v) is 7.05. The van der Waals surface area contributed by atoms with Gasteiger partial charge in [-0.1, -0.05) is 67.8 Å². The number of phenols is 4. The van der Waals surface area contributed by atoms with Gasteiger partial charge in [0.25, 0.3) is 0 Å². The molecule has 61 heavy (non-hydrogen) atoms. The molecule has 0 saturated heterocycles. The van der Waals surface area contributed by atoms with Crippen molar-refractivity contribution in [3.8, 4) is 23.0 Å². The Morgan fingerprint density at radius 2 is 0.852 bits per heavy atom. The number of phenolic OH excluding ortho intramolecular Hbond substituents is 4. The van der Waals surface area contributed by atoms with Crippen LogP contribution < -0.4 is 27.0 Å². The Morgan fingerprint density at radius 3 is 1.33 bits per heavy atom. The summed E-state index contributed by atoms with van der Waals surface area (Å²) in [6.45, 7) is 6.28. The number of carbonyl (C=O) groups excluding carboxylic acids is 2. The number of aliphatic hydroxyl groups is 3. The summed E-state index contributed by atoms with van der Waals surface area (Å²) in [5.41, 5.74) is 8.46. The normalized spacial score (nSPS) is 11.7. The van der Waals surface area contributed by atoms with Crippen molar-refractivity contribution in [1.29, 1.82) is 0 Å². The van der Waals surface area contributed by atoms with E-state index in [0.29, 0.717) is 50.9 Å². The predicted octanol–water partition coefficient (Wildman–Crippen LogP) is 5.71. The number of aliphatic hydroxyl groups excluding tert-OH is 3. The molecule has 0 heterocycles. The number of anilines is 2. The fourth-order valence-electron chi connectivity index (χ4n) is 7.05. The highest BCUT2D eigenvalue weighted by Gasteiger charge is 2.33. The van der Waals surface area contributed by atoms with Crippen molar-refractivity contribution in [2.45, 2.75) is 57.8 Å². The third-order valence-electron chi connectivity index (χ3n) is 10.2. The van der Waals surface area contributed by atoms with Crippen molar-refractivity contribution >= 4 is 44.5 Å². The van der Waals surface area contributed by atoms with Crippen molar-refractivity contribution in [3.05, 3.63) is 95.1 Å². The Morgan fingerprint density at radius 1 is 0.443 bits per heavy atom. The first kappa shape index (κ1) is 48.2. The number of carbonyl (C=O) groups is 2. The second-order valence-electron chi connectivity index (χ2n) is 14.7. The Labute approximate surface area is 357 Å². The summed E-state index contributed by atoms with van der Waals surface area (Å²) >= 11 is 0. The standard InChI is InChI=1S/C27H37N3O4.C14H10O4.C6H16N2O/c31-18-7-3-1-2-6-16-29-22-12-13-23(30-17-8-14-28-15-9-19-32)25-24(22)26(33)20-10-4-5-11-21(20)27(25)34;15-9-5-6-10(16)12-11(9)13(17)7-3-1-2-4-8(7)14(12)18;7-3-1-4-8-5-2-6-9/h4-5,10-13,28-32H,1-3,6-9,14-19H2;1-6,15-18H;8-9H,1-7H2. The highest BCUT2D eigenvalue weighted by Crippen LogP contribution is 2.48. The van der Waals surface area contributed by atoms with Crippen LogP contribution in [0.5, 0.6) is 23.0 Å². The van der Waals surface area contributed by atoms with Crippen LogP contribution >= 0.6 is 0 Å². The summed E-state index contributed by atoms with van der Waals surface area (Å²) in [4.78, 5) is 26.9. The molecule has 1 aliphatic carbocycles. The Kier molecular flexibility index (Phi) is 20.5. The second-order valence-corrected chi connectivity index (χ2v) is 14.7. The molecule has 330 valence electrons. The van der Waals surface area contributed by atoms with Gasteiger partial charge in [0.2, 0.25) is 0 Å². The van der Waals surface area contributed by atoms with Gasteiger partial charge in [0.1, 0.15) is 23.0 Å². The minimum Gasteiger partial charge on any atom is -0.507 e. The molecule has 0 atom stereocenters. The van der Waals surface area contributed by atoms with E-state index in [9.17, 15) is 30.0 Å². The summed E-state index contributed by atoms with van der Waals surface area (Å²) in [5, 5.41) is 80.1. The van der Waals surface area contributed by atoms with E-state index in [1.807, 2.05) is 12.1 Å². The van der Waals surface area contributed by atoms with Gasteiger partial charge in [0, 0.05) is 66.2 Å². The van der Waals surface area contributed by atoms with Gasteiger partial charge in [0.05, 0.1) is 21.9 Å². The predicted molar refractivity (Wildman–Crippen MR) is 242 cm³/mol. The molecule has 13 N–H and O–H groups in total. The number of fused-ring (bicyclic) bond motifs is 4. The maximum absolute atomic E-state index is 13.4. The first-order chi connectivity index (χ1) is 29.7. The second kappa shape index (κ2) is 26.0. The Hall–Kier alpha value is -5.48. The van der Waals surface area contributed by atoms with Crippen molar-refractivity contribution in [1.82, 2.24) is 10.6 Å². The highest BCUT2D eigenvalue weighted by atomic mass is 16.3. The van der Waals surface area contributed by atoms with Crippen LogP contribution in [0.1, 0.15) is 89.6 Å². The first-order valence-electron chi connectivity index (χ1n) is 21.3. The quantitative estimate of drug-likeness (QED) is 0.0222. The van der Waals surface area contributed by atoms with E-state index in [0.717, 1.165) is 97.1 Å². The van der Waals surface area contributed by atoms with E-state index >= 15 is 0 Å². The number of nitrogens with one attached hydrogen (secondary N) is 4. The summed E-state index contributed by atoms with van der Waals surface area (Å²) in [6, 6.07) is 20.0. The molecule has 14 nitrogen and oxygen atoms in total. The third-order valence-corrected chi connectivity index (χ3v) is 10.2. The van der Waals surface area contributed by atoms with Gasteiger partial charge in [-0.15, -0.1) is 0 Å². The Bertz CT molecular complexity index is 2020. The molecule has 14 heteroatoms. The molecule has 5 aromatic rings. The molecule has 0 fully saturated rings. The first-order valence-corrected chi connectivity index (χ1v) is 21.3. The van der Waals surface area contributed by atoms with E-state index in [-0.39, 0.29) is 65.2 Å². The van der Waals surface area contributed by atoms with E-state index in [1.165, 1.54) is 12.1 Å². The number of aromatic hydroxyl groups is 4. The largest absolute Gasteiger partial charge is 0.507 e. The fraction of sp³-hybridized carbons (Fsp3) is 0.404. The topological polar surface area (TPSA) is 250 Å². The maximum Gasteiger partial charge on any atom is 0.196 e. The number of hydrogen-bond acceptors (Lipinski definition) is 14. The van der Waals surface area contributed by atoms with E-state index < -0.39 is 0 Å². The van der Waals surface area contributed by atoms with Crippen molar-refractivity contribution in [2.24, 2.45) is 5.73 Å². The zero-order chi connectivity index (χ0) is 44.0. The van der Waals surface area contributed by atoms with Crippen molar-refractivity contribution < 1.29 is 45.3 Å². The summed E-state index contributed by atoms with van der Waals surface area (Å²) in [6.07, 6.45) is 8.39. The molecule has 0 bridgehead atoms. The Balaban J connectivity index is 0.000000250.